The summed E-state index contributed by atoms with van der Waals surface area (Å²) in [6, 6.07) is 0.257. The molecule has 1 rings (SSSR count). The van der Waals surface area contributed by atoms with E-state index in [1.165, 1.54) is 4.90 Å². The van der Waals surface area contributed by atoms with Crippen LogP contribution in [-0.4, -0.2) is 77.9 Å². The maximum atomic E-state index is 11.9. The van der Waals surface area contributed by atoms with Gasteiger partial charge in [-0.2, -0.15) is 0 Å². The van der Waals surface area contributed by atoms with Crippen molar-refractivity contribution in [3.8, 4) is 0 Å². The van der Waals surface area contributed by atoms with Crippen molar-refractivity contribution in [2.75, 3.05) is 45.9 Å². The lowest BCUT2D eigenvalue weighted by Gasteiger charge is -2.31. The zero-order valence-electron chi connectivity index (χ0n) is 10.2. The van der Waals surface area contributed by atoms with Crippen LogP contribution in [0, 0.1) is 0 Å². The first kappa shape index (κ1) is 14.4. The van der Waals surface area contributed by atoms with Gasteiger partial charge in [0.25, 0.3) is 0 Å². The summed E-state index contributed by atoms with van der Waals surface area (Å²) in [4.78, 5) is 15.5. The Balaban J connectivity index is 2.35. The average molecular weight is 245 g/mol. The van der Waals surface area contributed by atoms with Crippen molar-refractivity contribution in [3.05, 3.63) is 0 Å². The van der Waals surface area contributed by atoms with Crippen molar-refractivity contribution < 1.29 is 15.0 Å². The lowest BCUT2D eigenvalue weighted by molar-refractivity contribution is -0.133. The number of likely N-dealkylation sites (tertiary alicyclic amines) is 1. The quantitative estimate of drug-likeness (QED) is 0.515. The van der Waals surface area contributed by atoms with Crippen molar-refractivity contribution in [1.29, 1.82) is 0 Å². The summed E-state index contributed by atoms with van der Waals surface area (Å²) < 4.78 is 0. The summed E-state index contributed by atoms with van der Waals surface area (Å²) in [6.07, 6.45) is 1.85. The van der Waals surface area contributed by atoms with Gasteiger partial charge in [0.15, 0.2) is 0 Å². The fourth-order valence-corrected chi connectivity index (χ4v) is 2.00. The molecule has 0 saturated carbocycles. The SMILES string of the molecule is NC1CCN(CC(=O)N(CCO)CCO)CC1. The Kier molecular flexibility index (Phi) is 6.43. The molecule has 1 amide bonds. The normalized spacial score (nSPS) is 18.3. The molecule has 6 nitrogen and oxygen atoms in total. The molecular formula is C11H23N3O3. The van der Waals surface area contributed by atoms with Crippen LogP contribution in [0.25, 0.3) is 0 Å². The number of amides is 1. The molecule has 1 aliphatic rings. The molecule has 100 valence electrons. The van der Waals surface area contributed by atoms with E-state index in [1.807, 2.05) is 0 Å². The maximum absolute atomic E-state index is 11.9. The lowest BCUT2D eigenvalue weighted by atomic mass is 10.1. The summed E-state index contributed by atoms with van der Waals surface area (Å²) in [7, 11) is 0. The number of nitrogens with two attached hydrogens (primary N) is 1. The van der Waals surface area contributed by atoms with Crippen molar-refractivity contribution in [1.82, 2.24) is 9.80 Å². The second-order valence-electron chi connectivity index (χ2n) is 4.44. The zero-order valence-corrected chi connectivity index (χ0v) is 10.2. The van der Waals surface area contributed by atoms with E-state index in [4.69, 9.17) is 15.9 Å². The van der Waals surface area contributed by atoms with Crippen LogP contribution in [0.1, 0.15) is 12.8 Å². The maximum Gasteiger partial charge on any atom is 0.236 e. The number of hydrogen-bond donors (Lipinski definition) is 3. The minimum atomic E-state index is -0.0728. The van der Waals surface area contributed by atoms with Gasteiger partial charge in [-0.1, -0.05) is 0 Å². The predicted octanol–water partition coefficient (Wildman–Crippen LogP) is -1.78. The molecule has 0 aromatic carbocycles. The van der Waals surface area contributed by atoms with Crippen molar-refractivity contribution in [2.45, 2.75) is 18.9 Å². The van der Waals surface area contributed by atoms with E-state index in [0.29, 0.717) is 6.54 Å². The molecule has 0 bridgehead atoms. The van der Waals surface area contributed by atoms with Gasteiger partial charge in [0.05, 0.1) is 19.8 Å². The highest BCUT2D eigenvalue weighted by Gasteiger charge is 2.20. The first-order chi connectivity index (χ1) is 8.17. The minimum Gasteiger partial charge on any atom is -0.395 e. The van der Waals surface area contributed by atoms with Crippen LogP contribution in [0.4, 0.5) is 0 Å². The van der Waals surface area contributed by atoms with Gasteiger partial charge in [-0.15, -0.1) is 0 Å². The molecule has 0 atom stereocenters. The number of carbonyl (C=O) groups is 1. The van der Waals surface area contributed by atoms with E-state index in [0.717, 1.165) is 25.9 Å². The highest BCUT2D eigenvalue weighted by atomic mass is 16.3. The van der Waals surface area contributed by atoms with Gasteiger partial charge in [-0.05, 0) is 12.8 Å². The molecule has 0 aliphatic carbocycles. The number of piperidine rings is 1. The molecule has 0 radical (unpaired) electrons. The molecule has 0 aromatic rings. The van der Waals surface area contributed by atoms with Gasteiger partial charge >= 0.3 is 0 Å². The van der Waals surface area contributed by atoms with Crippen molar-refractivity contribution >= 4 is 5.91 Å². The largest absolute Gasteiger partial charge is 0.395 e. The van der Waals surface area contributed by atoms with Gasteiger partial charge in [0, 0.05) is 32.2 Å². The Morgan fingerprint density at radius 1 is 1.24 bits per heavy atom. The Morgan fingerprint density at radius 3 is 2.24 bits per heavy atom. The number of hydrogen-bond acceptors (Lipinski definition) is 5. The Bertz CT molecular complexity index is 224. The van der Waals surface area contributed by atoms with Crippen LogP contribution < -0.4 is 5.73 Å². The molecule has 1 saturated heterocycles. The van der Waals surface area contributed by atoms with Gasteiger partial charge in [-0.3, -0.25) is 9.69 Å². The number of carbonyl (C=O) groups excluding carboxylic acids is 1. The van der Waals surface area contributed by atoms with Crippen molar-refractivity contribution in [3.63, 3.8) is 0 Å². The Morgan fingerprint density at radius 2 is 1.76 bits per heavy atom. The average Bonchev–Trinajstić information content (AvgIpc) is 2.32. The topological polar surface area (TPSA) is 90.0 Å². The highest BCUT2D eigenvalue weighted by Crippen LogP contribution is 2.08. The number of aliphatic hydroxyl groups is 2. The zero-order chi connectivity index (χ0) is 12.7. The van der Waals surface area contributed by atoms with E-state index < -0.39 is 0 Å². The molecule has 1 aliphatic heterocycles. The third-order valence-electron chi connectivity index (χ3n) is 3.08. The fourth-order valence-electron chi connectivity index (χ4n) is 2.00. The summed E-state index contributed by atoms with van der Waals surface area (Å²) in [5, 5.41) is 17.7. The van der Waals surface area contributed by atoms with E-state index in [-0.39, 0.29) is 38.3 Å². The smallest absolute Gasteiger partial charge is 0.236 e. The van der Waals surface area contributed by atoms with E-state index in [1.54, 1.807) is 0 Å². The van der Waals surface area contributed by atoms with Crippen LogP contribution in [0.3, 0.4) is 0 Å². The molecule has 17 heavy (non-hydrogen) atoms. The monoisotopic (exact) mass is 245 g/mol. The first-order valence-electron chi connectivity index (χ1n) is 6.14. The van der Waals surface area contributed by atoms with E-state index >= 15 is 0 Å². The molecule has 0 spiro atoms. The van der Waals surface area contributed by atoms with Gasteiger partial charge in [0.1, 0.15) is 0 Å². The van der Waals surface area contributed by atoms with Gasteiger partial charge in [-0.25, -0.2) is 0 Å². The van der Waals surface area contributed by atoms with Crippen LogP contribution in [-0.2, 0) is 4.79 Å². The Labute approximate surface area is 102 Å². The highest BCUT2D eigenvalue weighted by molar-refractivity contribution is 5.78. The van der Waals surface area contributed by atoms with Crippen LogP contribution in [0.2, 0.25) is 0 Å². The molecule has 0 aromatic heterocycles. The summed E-state index contributed by atoms with van der Waals surface area (Å²) in [6.45, 7) is 2.47. The third kappa shape index (κ3) is 4.99. The molecule has 1 fully saturated rings. The van der Waals surface area contributed by atoms with E-state index in [9.17, 15) is 4.79 Å². The number of aliphatic hydroxyl groups excluding tert-OH is 2. The lowest BCUT2D eigenvalue weighted by Crippen LogP contribution is -2.47. The minimum absolute atomic E-state index is 0.0384. The molecule has 0 unspecified atom stereocenters. The second kappa shape index (κ2) is 7.60. The summed E-state index contributed by atoms with van der Waals surface area (Å²) in [5.74, 6) is -0.0384. The van der Waals surface area contributed by atoms with Gasteiger partial charge in [0.2, 0.25) is 5.91 Å². The standard InChI is InChI=1S/C11H23N3O3/c12-10-1-3-13(4-2-10)9-11(17)14(5-7-15)6-8-16/h10,15-16H,1-9,12H2. The second-order valence-corrected chi connectivity index (χ2v) is 4.44. The van der Waals surface area contributed by atoms with E-state index in [2.05, 4.69) is 4.90 Å². The first-order valence-corrected chi connectivity index (χ1v) is 6.14. The van der Waals surface area contributed by atoms with Crippen LogP contribution in [0.15, 0.2) is 0 Å². The predicted molar refractivity (Wildman–Crippen MR) is 64.4 cm³/mol. The van der Waals surface area contributed by atoms with Crippen molar-refractivity contribution in [2.24, 2.45) is 5.73 Å². The molecule has 1 heterocycles. The number of nitrogens with zero attached hydrogens (tertiary/aromatic N) is 2. The molecule has 4 N–H and O–H groups in total. The molecule has 6 heteroatoms. The summed E-state index contributed by atoms with van der Waals surface area (Å²) >= 11 is 0. The van der Waals surface area contributed by atoms with Gasteiger partial charge < -0.3 is 20.8 Å². The van der Waals surface area contributed by atoms with Crippen LogP contribution >= 0.6 is 0 Å². The fraction of sp³-hybridized carbons (Fsp3) is 0.909. The Hall–Kier alpha value is -0.690. The molecular weight excluding hydrogens is 222 g/mol. The van der Waals surface area contributed by atoms with Crippen LogP contribution in [0.5, 0.6) is 0 Å². The number of rotatable bonds is 6. The summed E-state index contributed by atoms with van der Waals surface area (Å²) in [5.41, 5.74) is 5.79. The third-order valence-corrected chi connectivity index (χ3v) is 3.08.